The van der Waals surface area contributed by atoms with Crippen LogP contribution in [0.1, 0.15) is 136 Å². The first-order valence-corrected chi connectivity index (χ1v) is 12.2. The topological polar surface area (TPSA) is 29.1 Å². The molecule has 0 aromatic rings. The first-order valence-electron chi connectivity index (χ1n) is 12.2. The summed E-state index contributed by atoms with van der Waals surface area (Å²) in [7, 11) is 0. The molecule has 0 spiro atoms. The number of rotatable bonds is 21. The van der Waals surface area contributed by atoms with Gasteiger partial charge in [-0.25, -0.2) is 0 Å². The molecule has 0 aliphatic heterocycles. The van der Waals surface area contributed by atoms with Crippen molar-refractivity contribution >= 4 is 5.91 Å². The number of carbonyl (C=O) groups is 1. The smallest absolute Gasteiger partial charge is 0.219 e. The quantitative estimate of drug-likeness (QED) is 0.158. The number of hydrogen-bond donors (Lipinski definition) is 1. The zero-order valence-electron chi connectivity index (χ0n) is 18.7. The van der Waals surface area contributed by atoms with Crippen LogP contribution in [0.5, 0.6) is 0 Å². The maximum Gasteiger partial charge on any atom is 0.219 e. The first-order chi connectivity index (χ1) is 13.3. The van der Waals surface area contributed by atoms with Crippen LogP contribution in [0.3, 0.4) is 0 Å². The Morgan fingerprint density at radius 1 is 0.593 bits per heavy atom. The molecule has 0 aromatic carbocycles. The maximum atomic E-state index is 11.6. The summed E-state index contributed by atoms with van der Waals surface area (Å²) in [5.41, 5.74) is 0. The van der Waals surface area contributed by atoms with E-state index in [2.05, 4.69) is 31.3 Å². The summed E-state index contributed by atoms with van der Waals surface area (Å²) < 4.78 is 0. The van der Waals surface area contributed by atoms with Crippen molar-refractivity contribution in [2.45, 2.75) is 136 Å². The van der Waals surface area contributed by atoms with Gasteiger partial charge in [-0.1, -0.05) is 103 Å². The van der Waals surface area contributed by atoms with Gasteiger partial charge in [0.15, 0.2) is 0 Å². The van der Waals surface area contributed by atoms with Crippen molar-refractivity contribution < 1.29 is 4.79 Å². The van der Waals surface area contributed by atoms with Gasteiger partial charge in [0.05, 0.1) is 0 Å². The predicted octanol–water partition coefficient (Wildman–Crippen LogP) is 8.11. The van der Waals surface area contributed by atoms with Gasteiger partial charge in [-0.15, -0.1) is 0 Å². The molecule has 2 heteroatoms. The standard InChI is InChI=1S/C25H49NO/c1-3-5-7-8-9-10-11-12-13-14-15-16-17-18-19-20-21-23-25(27)26-24-22-6-4-2/h12-13H,3-11,14-24H2,1-2H3,(H,26,27)/b13-12-. The minimum atomic E-state index is 0.249. The third-order valence-corrected chi connectivity index (χ3v) is 5.27. The Morgan fingerprint density at radius 2 is 1.04 bits per heavy atom. The molecule has 0 heterocycles. The van der Waals surface area contributed by atoms with Crippen molar-refractivity contribution in [3.05, 3.63) is 12.2 Å². The maximum absolute atomic E-state index is 11.6. The van der Waals surface area contributed by atoms with Gasteiger partial charge in [-0.05, 0) is 38.5 Å². The van der Waals surface area contributed by atoms with Gasteiger partial charge in [0, 0.05) is 13.0 Å². The third-order valence-electron chi connectivity index (χ3n) is 5.27. The van der Waals surface area contributed by atoms with Crippen LogP contribution < -0.4 is 5.32 Å². The monoisotopic (exact) mass is 379 g/mol. The second-order valence-electron chi connectivity index (χ2n) is 8.10. The average molecular weight is 380 g/mol. The molecule has 1 N–H and O–H groups in total. The van der Waals surface area contributed by atoms with Gasteiger partial charge in [0.1, 0.15) is 0 Å². The van der Waals surface area contributed by atoms with Crippen LogP contribution in [-0.4, -0.2) is 12.5 Å². The van der Waals surface area contributed by atoms with E-state index in [4.69, 9.17) is 0 Å². The van der Waals surface area contributed by atoms with Crippen LogP contribution in [0.4, 0.5) is 0 Å². The second kappa shape index (κ2) is 23.2. The number of unbranched alkanes of at least 4 members (excludes halogenated alkanes) is 15. The predicted molar refractivity (Wildman–Crippen MR) is 121 cm³/mol. The fourth-order valence-corrected chi connectivity index (χ4v) is 3.40. The number of nitrogens with one attached hydrogen (secondary N) is 1. The van der Waals surface area contributed by atoms with Crippen molar-refractivity contribution in [1.82, 2.24) is 5.32 Å². The lowest BCUT2D eigenvalue weighted by Crippen LogP contribution is -2.23. The highest BCUT2D eigenvalue weighted by molar-refractivity contribution is 5.75. The lowest BCUT2D eigenvalue weighted by Gasteiger charge is -2.04. The average Bonchev–Trinajstić information content (AvgIpc) is 2.67. The molecule has 0 radical (unpaired) electrons. The molecule has 0 fully saturated rings. The number of allylic oxidation sites excluding steroid dienone is 2. The molecule has 0 bridgehead atoms. The Balaban J connectivity index is 3.16. The van der Waals surface area contributed by atoms with Crippen LogP contribution >= 0.6 is 0 Å². The summed E-state index contributed by atoms with van der Waals surface area (Å²) in [4.78, 5) is 11.6. The molecule has 2 nitrogen and oxygen atoms in total. The highest BCUT2D eigenvalue weighted by Crippen LogP contribution is 2.11. The molecule has 0 aliphatic carbocycles. The lowest BCUT2D eigenvalue weighted by atomic mass is 10.1. The number of carbonyl (C=O) groups excluding carboxylic acids is 1. The molecule has 0 saturated carbocycles. The Labute approximate surface area is 171 Å². The summed E-state index contributed by atoms with van der Waals surface area (Å²) in [6.07, 6.45) is 28.9. The van der Waals surface area contributed by atoms with Gasteiger partial charge < -0.3 is 5.32 Å². The molecular formula is C25H49NO. The van der Waals surface area contributed by atoms with E-state index in [1.54, 1.807) is 0 Å². The van der Waals surface area contributed by atoms with Crippen molar-refractivity contribution in [1.29, 1.82) is 0 Å². The van der Waals surface area contributed by atoms with Crippen LogP contribution in [0.25, 0.3) is 0 Å². The van der Waals surface area contributed by atoms with E-state index in [0.717, 1.165) is 25.8 Å². The molecule has 0 rings (SSSR count). The highest BCUT2D eigenvalue weighted by atomic mass is 16.1. The van der Waals surface area contributed by atoms with E-state index < -0.39 is 0 Å². The van der Waals surface area contributed by atoms with Gasteiger partial charge >= 0.3 is 0 Å². The SMILES string of the molecule is CCCCCCCC/C=C\CCCCCCCCCC(=O)NCCCCC. The van der Waals surface area contributed by atoms with E-state index in [1.165, 1.54) is 103 Å². The van der Waals surface area contributed by atoms with Crippen LogP contribution in [0, 0.1) is 0 Å². The molecular weight excluding hydrogens is 330 g/mol. The van der Waals surface area contributed by atoms with Gasteiger partial charge in [0.2, 0.25) is 5.91 Å². The summed E-state index contributed by atoms with van der Waals surface area (Å²) in [6, 6.07) is 0. The Kier molecular flexibility index (Phi) is 22.6. The summed E-state index contributed by atoms with van der Waals surface area (Å²) in [5, 5.41) is 3.03. The van der Waals surface area contributed by atoms with Gasteiger partial charge in [0.25, 0.3) is 0 Å². The Morgan fingerprint density at radius 3 is 1.59 bits per heavy atom. The molecule has 27 heavy (non-hydrogen) atoms. The largest absolute Gasteiger partial charge is 0.356 e. The Hall–Kier alpha value is -0.790. The fourth-order valence-electron chi connectivity index (χ4n) is 3.40. The van der Waals surface area contributed by atoms with E-state index in [1.807, 2.05) is 0 Å². The van der Waals surface area contributed by atoms with Crippen molar-refractivity contribution in [2.24, 2.45) is 0 Å². The molecule has 1 amide bonds. The zero-order chi connectivity index (χ0) is 19.8. The van der Waals surface area contributed by atoms with Crippen LogP contribution in [0.15, 0.2) is 12.2 Å². The second-order valence-corrected chi connectivity index (χ2v) is 8.10. The highest BCUT2D eigenvalue weighted by Gasteiger charge is 2.00. The third kappa shape index (κ3) is 23.2. The summed E-state index contributed by atoms with van der Waals surface area (Å²) in [6.45, 7) is 5.33. The first kappa shape index (κ1) is 26.2. The van der Waals surface area contributed by atoms with Crippen molar-refractivity contribution in [3.63, 3.8) is 0 Å². The summed E-state index contributed by atoms with van der Waals surface area (Å²) in [5.74, 6) is 0.249. The van der Waals surface area contributed by atoms with Gasteiger partial charge in [-0.2, -0.15) is 0 Å². The Bertz CT molecular complexity index is 324. The van der Waals surface area contributed by atoms with Crippen molar-refractivity contribution in [3.8, 4) is 0 Å². The molecule has 0 aliphatic rings. The fraction of sp³-hybridized carbons (Fsp3) is 0.880. The molecule has 160 valence electrons. The number of hydrogen-bond acceptors (Lipinski definition) is 1. The minimum absolute atomic E-state index is 0.249. The molecule has 0 aromatic heterocycles. The van der Waals surface area contributed by atoms with Crippen LogP contribution in [0.2, 0.25) is 0 Å². The van der Waals surface area contributed by atoms with Crippen LogP contribution in [-0.2, 0) is 4.79 Å². The lowest BCUT2D eigenvalue weighted by molar-refractivity contribution is -0.121. The normalized spacial score (nSPS) is 11.3. The van der Waals surface area contributed by atoms with Gasteiger partial charge in [-0.3, -0.25) is 4.79 Å². The zero-order valence-corrected chi connectivity index (χ0v) is 18.7. The van der Waals surface area contributed by atoms with E-state index in [9.17, 15) is 4.79 Å². The summed E-state index contributed by atoms with van der Waals surface area (Å²) >= 11 is 0. The van der Waals surface area contributed by atoms with E-state index in [0.29, 0.717) is 0 Å². The van der Waals surface area contributed by atoms with Crippen molar-refractivity contribution in [2.75, 3.05) is 6.54 Å². The molecule has 0 atom stereocenters. The molecule has 0 saturated heterocycles. The van der Waals surface area contributed by atoms with E-state index >= 15 is 0 Å². The van der Waals surface area contributed by atoms with E-state index in [-0.39, 0.29) is 5.91 Å². The molecule has 0 unspecified atom stereocenters. The number of amides is 1. The minimum Gasteiger partial charge on any atom is -0.356 e.